The van der Waals surface area contributed by atoms with E-state index in [1.165, 1.54) is 19.3 Å². The largest absolute Gasteiger partial charge is 0.317 e. The molecular weight excluding hydrogens is 240 g/mol. The van der Waals surface area contributed by atoms with Gasteiger partial charge in [-0.1, -0.05) is 18.5 Å². The molecule has 16 heavy (non-hydrogen) atoms. The Morgan fingerprint density at radius 2 is 2.31 bits per heavy atom. The van der Waals surface area contributed by atoms with E-state index in [-0.39, 0.29) is 0 Å². The Kier molecular flexibility index (Phi) is 6.85. The molecule has 1 heterocycles. The smallest absolute Gasteiger partial charge is 0.0960 e. The maximum Gasteiger partial charge on any atom is 0.0960 e. The van der Waals surface area contributed by atoms with Crippen molar-refractivity contribution in [2.45, 2.75) is 37.3 Å². The van der Waals surface area contributed by atoms with Gasteiger partial charge in [0.15, 0.2) is 0 Å². The van der Waals surface area contributed by atoms with Crippen LogP contribution in [0.15, 0.2) is 23.4 Å². The summed E-state index contributed by atoms with van der Waals surface area (Å²) in [5.41, 5.74) is 0. The van der Waals surface area contributed by atoms with E-state index in [9.17, 15) is 0 Å². The molecular formula is C12H19ClN2S. The summed E-state index contributed by atoms with van der Waals surface area (Å²) in [6, 6.07) is 4.51. The van der Waals surface area contributed by atoms with Crippen LogP contribution in [0.2, 0.25) is 5.02 Å². The van der Waals surface area contributed by atoms with Crippen LogP contribution in [0, 0.1) is 0 Å². The van der Waals surface area contributed by atoms with Crippen LogP contribution in [0.3, 0.4) is 0 Å². The lowest BCUT2D eigenvalue weighted by Crippen LogP contribution is -2.23. The summed E-state index contributed by atoms with van der Waals surface area (Å²) in [7, 11) is 2.03. The average Bonchev–Trinajstić information content (AvgIpc) is 2.32. The van der Waals surface area contributed by atoms with Crippen LogP contribution in [0.1, 0.15) is 26.2 Å². The number of nitrogens with zero attached hydrogens (tertiary/aromatic N) is 1. The molecule has 0 radical (unpaired) electrons. The molecule has 1 atom stereocenters. The fourth-order valence-electron chi connectivity index (χ4n) is 1.51. The Morgan fingerprint density at radius 3 is 2.88 bits per heavy atom. The Labute approximate surface area is 107 Å². The summed E-state index contributed by atoms with van der Waals surface area (Å²) in [6.45, 7) is 2.22. The number of rotatable bonds is 7. The predicted molar refractivity (Wildman–Crippen MR) is 72.3 cm³/mol. The fourth-order valence-corrected chi connectivity index (χ4v) is 2.43. The van der Waals surface area contributed by atoms with E-state index in [1.54, 1.807) is 18.0 Å². The second kappa shape index (κ2) is 7.93. The highest BCUT2D eigenvalue weighted by Gasteiger charge is 2.02. The molecule has 0 aliphatic heterocycles. The minimum absolute atomic E-state index is 0.652. The zero-order valence-corrected chi connectivity index (χ0v) is 11.4. The van der Waals surface area contributed by atoms with Gasteiger partial charge >= 0.3 is 0 Å². The molecule has 90 valence electrons. The normalized spacial score (nSPS) is 12.7. The molecule has 1 rings (SSSR count). The Bertz CT molecular complexity index is 286. The number of nitrogens with one attached hydrogen (secondary N) is 1. The minimum atomic E-state index is 0.652. The van der Waals surface area contributed by atoms with Crippen molar-refractivity contribution in [1.29, 1.82) is 0 Å². The fraction of sp³-hybridized carbons (Fsp3) is 0.583. The standard InChI is InChI=1S/C12H19ClN2S/c1-3-11(14-2)5-4-8-16-12-7-6-10(13)9-15-12/h6-7,9,11,14H,3-5,8H2,1-2H3. The van der Waals surface area contributed by atoms with E-state index in [0.717, 1.165) is 10.8 Å². The van der Waals surface area contributed by atoms with Crippen molar-refractivity contribution in [2.75, 3.05) is 12.8 Å². The van der Waals surface area contributed by atoms with Crippen molar-refractivity contribution in [3.8, 4) is 0 Å². The van der Waals surface area contributed by atoms with E-state index >= 15 is 0 Å². The van der Waals surface area contributed by atoms with Gasteiger partial charge in [0, 0.05) is 12.2 Å². The van der Waals surface area contributed by atoms with Crippen molar-refractivity contribution < 1.29 is 0 Å². The molecule has 1 N–H and O–H groups in total. The minimum Gasteiger partial charge on any atom is -0.317 e. The Balaban J connectivity index is 2.18. The van der Waals surface area contributed by atoms with Gasteiger partial charge in [0.25, 0.3) is 0 Å². The second-order valence-electron chi connectivity index (χ2n) is 3.70. The van der Waals surface area contributed by atoms with Crippen molar-refractivity contribution in [3.05, 3.63) is 23.4 Å². The maximum atomic E-state index is 5.77. The number of thioether (sulfide) groups is 1. The summed E-state index contributed by atoms with van der Waals surface area (Å²) in [5, 5.41) is 5.07. The third kappa shape index (κ3) is 5.19. The molecule has 4 heteroatoms. The van der Waals surface area contributed by atoms with Gasteiger partial charge in [-0.2, -0.15) is 0 Å². The SMILES string of the molecule is CCC(CCCSc1ccc(Cl)cn1)NC. The molecule has 0 fully saturated rings. The molecule has 0 bridgehead atoms. The first-order chi connectivity index (χ1) is 7.76. The number of aromatic nitrogens is 1. The van der Waals surface area contributed by atoms with E-state index in [1.807, 2.05) is 19.2 Å². The number of hydrogen-bond acceptors (Lipinski definition) is 3. The highest BCUT2D eigenvalue weighted by Crippen LogP contribution is 2.19. The molecule has 0 aromatic carbocycles. The van der Waals surface area contributed by atoms with Crippen molar-refractivity contribution in [1.82, 2.24) is 10.3 Å². The Morgan fingerprint density at radius 1 is 1.50 bits per heavy atom. The Hall–Kier alpha value is -0.250. The van der Waals surface area contributed by atoms with E-state index in [2.05, 4.69) is 17.2 Å². The monoisotopic (exact) mass is 258 g/mol. The highest BCUT2D eigenvalue weighted by atomic mass is 35.5. The van der Waals surface area contributed by atoms with Gasteiger partial charge in [-0.3, -0.25) is 0 Å². The lowest BCUT2D eigenvalue weighted by molar-refractivity contribution is 0.504. The van der Waals surface area contributed by atoms with Gasteiger partial charge in [-0.15, -0.1) is 11.8 Å². The molecule has 1 aromatic rings. The van der Waals surface area contributed by atoms with Gasteiger partial charge in [0.05, 0.1) is 10.0 Å². The van der Waals surface area contributed by atoms with E-state index in [4.69, 9.17) is 11.6 Å². The first kappa shape index (κ1) is 13.8. The predicted octanol–water partition coefficient (Wildman–Crippen LogP) is 3.61. The van der Waals surface area contributed by atoms with Gasteiger partial charge < -0.3 is 5.32 Å². The van der Waals surface area contributed by atoms with Crippen LogP contribution in [0.4, 0.5) is 0 Å². The quantitative estimate of drug-likeness (QED) is 0.598. The molecule has 2 nitrogen and oxygen atoms in total. The van der Waals surface area contributed by atoms with Crippen LogP contribution in [0.25, 0.3) is 0 Å². The van der Waals surface area contributed by atoms with Crippen LogP contribution >= 0.6 is 23.4 Å². The van der Waals surface area contributed by atoms with Crippen molar-refractivity contribution in [2.24, 2.45) is 0 Å². The van der Waals surface area contributed by atoms with Gasteiger partial charge in [0.1, 0.15) is 0 Å². The topological polar surface area (TPSA) is 24.9 Å². The summed E-state index contributed by atoms with van der Waals surface area (Å²) in [5.74, 6) is 1.12. The first-order valence-corrected chi connectivity index (χ1v) is 7.04. The third-order valence-electron chi connectivity index (χ3n) is 2.55. The number of halogens is 1. The molecule has 1 aromatic heterocycles. The summed E-state index contributed by atoms with van der Waals surface area (Å²) < 4.78 is 0. The molecule has 1 unspecified atom stereocenters. The molecule has 0 spiro atoms. The van der Waals surface area contributed by atoms with Gasteiger partial charge in [-0.05, 0) is 44.2 Å². The maximum absolute atomic E-state index is 5.77. The number of hydrogen-bond donors (Lipinski definition) is 1. The molecule has 0 aliphatic carbocycles. The highest BCUT2D eigenvalue weighted by molar-refractivity contribution is 7.99. The third-order valence-corrected chi connectivity index (χ3v) is 3.80. The van der Waals surface area contributed by atoms with Crippen molar-refractivity contribution >= 4 is 23.4 Å². The molecule has 0 aliphatic rings. The summed E-state index contributed by atoms with van der Waals surface area (Å²) in [6.07, 6.45) is 5.34. The average molecular weight is 259 g/mol. The van der Waals surface area contributed by atoms with Crippen LogP contribution in [0.5, 0.6) is 0 Å². The molecule has 0 saturated carbocycles. The van der Waals surface area contributed by atoms with Crippen LogP contribution < -0.4 is 5.32 Å². The zero-order valence-electron chi connectivity index (χ0n) is 9.87. The second-order valence-corrected chi connectivity index (χ2v) is 5.25. The van der Waals surface area contributed by atoms with Gasteiger partial charge in [-0.25, -0.2) is 4.98 Å². The summed E-state index contributed by atoms with van der Waals surface area (Å²) >= 11 is 7.57. The molecule has 0 saturated heterocycles. The van der Waals surface area contributed by atoms with E-state index in [0.29, 0.717) is 11.1 Å². The lowest BCUT2D eigenvalue weighted by atomic mass is 10.1. The first-order valence-electron chi connectivity index (χ1n) is 5.68. The van der Waals surface area contributed by atoms with Gasteiger partial charge in [0.2, 0.25) is 0 Å². The molecule has 0 amide bonds. The van der Waals surface area contributed by atoms with Crippen molar-refractivity contribution in [3.63, 3.8) is 0 Å². The van der Waals surface area contributed by atoms with E-state index < -0.39 is 0 Å². The lowest BCUT2D eigenvalue weighted by Gasteiger charge is -2.12. The van der Waals surface area contributed by atoms with Crippen LogP contribution in [-0.2, 0) is 0 Å². The summed E-state index contributed by atoms with van der Waals surface area (Å²) in [4.78, 5) is 4.25. The van der Waals surface area contributed by atoms with Crippen LogP contribution in [-0.4, -0.2) is 23.8 Å². The number of pyridine rings is 1. The zero-order chi connectivity index (χ0) is 11.8.